The van der Waals surface area contributed by atoms with Crippen molar-refractivity contribution in [3.05, 3.63) is 23.8 Å². The first-order chi connectivity index (χ1) is 9.99. The maximum atomic E-state index is 12.7. The van der Waals surface area contributed by atoms with Gasteiger partial charge in [0.15, 0.2) is 0 Å². The van der Waals surface area contributed by atoms with E-state index >= 15 is 0 Å². The summed E-state index contributed by atoms with van der Waals surface area (Å²) in [5.41, 5.74) is 8.05. The van der Waals surface area contributed by atoms with Gasteiger partial charge in [-0.1, -0.05) is 26.2 Å². The summed E-state index contributed by atoms with van der Waals surface area (Å²) < 4.78 is 0. The van der Waals surface area contributed by atoms with Crippen LogP contribution in [-0.2, 0) is 0 Å². The fraction of sp³-hybridized carbons (Fsp3) is 0.588. The Morgan fingerprint density at radius 2 is 1.95 bits per heavy atom. The molecule has 2 unspecified atom stereocenters. The molecule has 1 aromatic rings. The highest BCUT2D eigenvalue weighted by Crippen LogP contribution is 2.25. The Balaban J connectivity index is 2.17. The van der Waals surface area contributed by atoms with Gasteiger partial charge >= 0.3 is 0 Å². The molecule has 1 saturated carbocycles. The highest BCUT2D eigenvalue weighted by atomic mass is 16.1. The van der Waals surface area contributed by atoms with Gasteiger partial charge in [0, 0.05) is 31.5 Å². The first-order valence-electron chi connectivity index (χ1n) is 7.86. The second-order valence-corrected chi connectivity index (χ2v) is 6.37. The number of carbonyl (C=O) groups excluding carboxylic acids is 1. The van der Waals surface area contributed by atoms with E-state index in [0.29, 0.717) is 17.2 Å². The maximum absolute atomic E-state index is 12.7. The average molecular weight is 289 g/mol. The van der Waals surface area contributed by atoms with Gasteiger partial charge in [0.2, 0.25) is 0 Å². The van der Waals surface area contributed by atoms with Crippen molar-refractivity contribution in [2.45, 2.75) is 45.1 Å². The highest BCUT2D eigenvalue weighted by molar-refractivity contribution is 6.00. The average Bonchev–Trinajstić information content (AvgIpc) is 2.63. The van der Waals surface area contributed by atoms with Gasteiger partial charge in [-0.25, -0.2) is 0 Å². The molecule has 0 aromatic heterocycles. The molecule has 1 aliphatic rings. The predicted octanol–water partition coefficient (Wildman–Crippen LogP) is 3.03. The van der Waals surface area contributed by atoms with Gasteiger partial charge < -0.3 is 16.0 Å². The molecule has 1 fully saturated rings. The number of benzene rings is 1. The summed E-state index contributed by atoms with van der Waals surface area (Å²) in [5, 5.41) is 3.23. The molecule has 2 rings (SSSR count). The summed E-state index contributed by atoms with van der Waals surface area (Å²) in [6.45, 7) is 2.24. The second kappa shape index (κ2) is 6.83. The quantitative estimate of drug-likeness (QED) is 0.664. The monoisotopic (exact) mass is 289 g/mol. The van der Waals surface area contributed by atoms with Gasteiger partial charge in [-0.2, -0.15) is 0 Å². The summed E-state index contributed by atoms with van der Waals surface area (Å²) in [7, 11) is 3.88. The molecule has 4 heteroatoms. The number of amides is 1. The molecule has 21 heavy (non-hydrogen) atoms. The highest BCUT2D eigenvalue weighted by Gasteiger charge is 2.23. The topological polar surface area (TPSA) is 58.4 Å². The normalized spacial score (nSPS) is 22.4. The van der Waals surface area contributed by atoms with E-state index in [9.17, 15) is 4.79 Å². The zero-order valence-corrected chi connectivity index (χ0v) is 13.4. The van der Waals surface area contributed by atoms with Crippen molar-refractivity contribution in [2.75, 3.05) is 24.7 Å². The van der Waals surface area contributed by atoms with Crippen molar-refractivity contribution in [1.82, 2.24) is 5.32 Å². The molecule has 1 aromatic carbocycles. The van der Waals surface area contributed by atoms with E-state index in [2.05, 4.69) is 12.2 Å². The van der Waals surface area contributed by atoms with E-state index in [1.54, 1.807) is 6.07 Å². The Bertz CT molecular complexity index is 499. The van der Waals surface area contributed by atoms with Crippen molar-refractivity contribution >= 4 is 17.3 Å². The molecule has 3 N–H and O–H groups in total. The van der Waals surface area contributed by atoms with E-state index in [1.165, 1.54) is 25.7 Å². The molecule has 0 saturated heterocycles. The third kappa shape index (κ3) is 3.90. The molecule has 0 spiro atoms. The van der Waals surface area contributed by atoms with Gasteiger partial charge in [-0.15, -0.1) is 0 Å². The Kier molecular flexibility index (Phi) is 5.10. The number of nitrogens with two attached hydrogens (primary N) is 1. The number of hydrogen-bond acceptors (Lipinski definition) is 3. The van der Waals surface area contributed by atoms with Crippen LogP contribution < -0.4 is 16.0 Å². The van der Waals surface area contributed by atoms with Crippen molar-refractivity contribution < 1.29 is 4.79 Å². The summed E-state index contributed by atoms with van der Waals surface area (Å²) in [5.74, 6) is 0.532. The van der Waals surface area contributed by atoms with Crippen molar-refractivity contribution in [3.63, 3.8) is 0 Å². The smallest absolute Gasteiger partial charge is 0.253 e. The van der Waals surface area contributed by atoms with Gasteiger partial charge in [-0.3, -0.25) is 4.79 Å². The van der Waals surface area contributed by atoms with Crippen LogP contribution >= 0.6 is 0 Å². The van der Waals surface area contributed by atoms with Crippen LogP contribution in [0.15, 0.2) is 18.2 Å². The zero-order chi connectivity index (χ0) is 15.4. The van der Waals surface area contributed by atoms with Crippen LogP contribution in [0.5, 0.6) is 0 Å². The fourth-order valence-electron chi connectivity index (χ4n) is 3.08. The molecule has 116 valence electrons. The Labute approximate surface area is 127 Å². The van der Waals surface area contributed by atoms with E-state index < -0.39 is 0 Å². The molecule has 1 amide bonds. The maximum Gasteiger partial charge on any atom is 0.253 e. The number of hydrogen-bond donors (Lipinski definition) is 2. The summed E-state index contributed by atoms with van der Waals surface area (Å²) in [6, 6.07) is 5.78. The van der Waals surface area contributed by atoms with Crippen LogP contribution in [0.2, 0.25) is 0 Å². The van der Waals surface area contributed by atoms with Gasteiger partial charge in [-0.05, 0) is 37.0 Å². The van der Waals surface area contributed by atoms with Gasteiger partial charge in [0.25, 0.3) is 5.91 Å². The Hall–Kier alpha value is -1.71. The minimum atomic E-state index is -0.00949. The summed E-state index contributed by atoms with van der Waals surface area (Å²) in [4.78, 5) is 14.6. The van der Waals surface area contributed by atoms with Gasteiger partial charge in [0.05, 0.1) is 5.56 Å². The lowest BCUT2D eigenvalue weighted by Crippen LogP contribution is -2.39. The van der Waals surface area contributed by atoms with Crippen LogP contribution in [-0.4, -0.2) is 26.0 Å². The molecule has 2 atom stereocenters. The lowest BCUT2D eigenvalue weighted by atomic mass is 9.96. The largest absolute Gasteiger partial charge is 0.399 e. The third-order valence-corrected chi connectivity index (χ3v) is 4.43. The minimum Gasteiger partial charge on any atom is -0.399 e. The fourth-order valence-corrected chi connectivity index (χ4v) is 3.08. The first-order valence-corrected chi connectivity index (χ1v) is 7.86. The molecular weight excluding hydrogens is 262 g/mol. The lowest BCUT2D eigenvalue weighted by Gasteiger charge is -2.24. The van der Waals surface area contributed by atoms with Crippen LogP contribution in [0.4, 0.5) is 11.4 Å². The predicted molar refractivity (Wildman–Crippen MR) is 88.7 cm³/mol. The number of rotatable bonds is 3. The minimum absolute atomic E-state index is 0.00949. The summed E-state index contributed by atoms with van der Waals surface area (Å²) in [6.07, 6.45) is 6.02. The zero-order valence-electron chi connectivity index (χ0n) is 13.4. The number of anilines is 2. The van der Waals surface area contributed by atoms with Crippen molar-refractivity contribution in [1.29, 1.82) is 0 Å². The Morgan fingerprint density at radius 1 is 1.24 bits per heavy atom. The lowest BCUT2D eigenvalue weighted by molar-refractivity contribution is 0.0922. The molecule has 4 nitrogen and oxygen atoms in total. The standard InChI is InChI=1S/C17H27N3O/c1-12-7-5-4-6-8-15(12)19-17(21)14-11-13(18)9-10-16(14)20(2)3/h9-12,15H,4-8,18H2,1-3H3,(H,19,21). The van der Waals surface area contributed by atoms with Gasteiger partial charge in [0.1, 0.15) is 0 Å². The van der Waals surface area contributed by atoms with E-state index in [0.717, 1.165) is 12.1 Å². The van der Waals surface area contributed by atoms with Crippen molar-refractivity contribution in [2.24, 2.45) is 5.92 Å². The first kappa shape index (κ1) is 15.7. The molecule has 0 heterocycles. The summed E-state index contributed by atoms with van der Waals surface area (Å²) >= 11 is 0. The number of nitrogens with zero attached hydrogens (tertiary/aromatic N) is 1. The number of carbonyl (C=O) groups is 1. The van der Waals surface area contributed by atoms with Crippen molar-refractivity contribution in [3.8, 4) is 0 Å². The SMILES string of the molecule is CC1CCCCCC1NC(=O)c1cc(N)ccc1N(C)C. The molecular formula is C17H27N3O. The van der Waals surface area contributed by atoms with Crippen LogP contribution in [0, 0.1) is 5.92 Å². The van der Waals surface area contributed by atoms with Crippen LogP contribution in [0.1, 0.15) is 49.4 Å². The Morgan fingerprint density at radius 3 is 2.67 bits per heavy atom. The van der Waals surface area contributed by atoms with E-state index in [1.807, 2.05) is 31.1 Å². The van der Waals surface area contributed by atoms with Crippen LogP contribution in [0.3, 0.4) is 0 Å². The van der Waals surface area contributed by atoms with E-state index in [4.69, 9.17) is 5.73 Å². The van der Waals surface area contributed by atoms with Crippen LogP contribution in [0.25, 0.3) is 0 Å². The molecule has 0 bridgehead atoms. The van der Waals surface area contributed by atoms with E-state index in [-0.39, 0.29) is 11.9 Å². The molecule has 0 aliphatic heterocycles. The molecule has 1 aliphatic carbocycles. The number of nitrogens with one attached hydrogen (secondary N) is 1. The third-order valence-electron chi connectivity index (χ3n) is 4.43. The second-order valence-electron chi connectivity index (χ2n) is 6.37. The molecule has 0 radical (unpaired) electrons. The number of nitrogen functional groups attached to an aromatic ring is 1.